The zero-order chi connectivity index (χ0) is 14.7. The van der Waals surface area contributed by atoms with Crippen LogP contribution in [-0.4, -0.2) is 21.7 Å². The van der Waals surface area contributed by atoms with Crippen molar-refractivity contribution in [2.24, 2.45) is 5.92 Å². The highest BCUT2D eigenvalue weighted by Gasteiger charge is 2.23. The maximum atomic E-state index is 12.0. The number of carbonyl (C=O) groups excluding carboxylic acids is 1. The van der Waals surface area contributed by atoms with E-state index in [9.17, 15) is 9.59 Å². The van der Waals surface area contributed by atoms with Crippen molar-refractivity contribution in [3.05, 3.63) is 26.6 Å². The van der Waals surface area contributed by atoms with E-state index in [1.807, 2.05) is 0 Å². The summed E-state index contributed by atoms with van der Waals surface area (Å²) >= 11 is 11.4. The summed E-state index contributed by atoms with van der Waals surface area (Å²) in [7, 11) is 0. The van der Waals surface area contributed by atoms with Crippen LogP contribution in [0.5, 0.6) is 0 Å². The van der Waals surface area contributed by atoms with Crippen molar-refractivity contribution in [1.29, 1.82) is 0 Å². The summed E-state index contributed by atoms with van der Waals surface area (Å²) in [6.07, 6.45) is 5.70. The van der Waals surface area contributed by atoms with Gasteiger partial charge in [0.05, 0.1) is 11.2 Å². The van der Waals surface area contributed by atoms with Crippen molar-refractivity contribution >= 4 is 29.1 Å². The number of amides is 1. The average Bonchev–Trinajstić information content (AvgIpc) is 2.42. The fourth-order valence-electron chi connectivity index (χ4n) is 2.48. The molecule has 110 valence electrons. The standard InChI is InChI=1S/C13H17Cl2N3O2/c1-8-4-2-3-5-10(8)17-11(19)7-18-13(20)12(15)9(14)6-16-18/h6,8,10H,2-5,7H2,1H3,(H,17,19)/t8-,10-/m0/s1. The predicted octanol–water partition coefficient (Wildman–Crippen LogP) is 2.25. The van der Waals surface area contributed by atoms with Crippen LogP contribution in [-0.2, 0) is 11.3 Å². The van der Waals surface area contributed by atoms with E-state index in [4.69, 9.17) is 23.2 Å². The molecular weight excluding hydrogens is 301 g/mol. The summed E-state index contributed by atoms with van der Waals surface area (Å²) in [5, 5.41) is 6.76. The number of halogens is 2. The fraction of sp³-hybridized carbons (Fsp3) is 0.615. The van der Waals surface area contributed by atoms with Gasteiger partial charge in [0.1, 0.15) is 11.6 Å². The van der Waals surface area contributed by atoms with Gasteiger partial charge in [0.2, 0.25) is 5.91 Å². The molecule has 0 unspecified atom stereocenters. The monoisotopic (exact) mass is 317 g/mol. The summed E-state index contributed by atoms with van der Waals surface area (Å²) in [6.45, 7) is 1.99. The molecule has 1 N–H and O–H groups in total. The third kappa shape index (κ3) is 3.52. The largest absolute Gasteiger partial charge is 0.351 e. The van der Waals surface area contributed by atoms with Crippen molar-refractivity contribution in [2.45, 2.75) is 45.2 Å². The Hall–Kier alpha value is -1.07. The summed E-state index contributed by atoms with van der Waals surface area (Å²) in [5.74, 6) is 0.239. The van der Waals surface area contributed by atoms with Gasteiger partial charge >= 0.3 is 0 Å². The molecule has 0 spiro atoms. The first kappa shape index (κ1) is 15.3. The van der Waals surface area contributed by atoms with Crippen molar-refractivity contribution in [3.63, 3.8) is 0 Å². The molecule has 2 rings (SSSR count). The highest BCUT2D eigenvalue weighted by molar-refractivity contribution is 6.41. The number of hydrogen-bond acceptors (Lipinski definition) is 3. The van der Waals surface area contributed by atoms with Crippen LogP contribution in [0.1, 0.15) is 32.6 Å². The molecule has 0 radical (unpaired) electrons. The second kappa shape index (κ2) is 6.59. The quantitative estimate of drug-likeness (QED) is 0.929. The Morgan fingerprint density at radius 3 is 2.85 bits per heavy atom. The van der Waals surface area contributed by atoms with Crippen molar-refractivity contribution in [1.82, 2.24) is 15.1 Å². The Labute approximate surface area is 127 Å². The van der Waals surface area contributed by atoms with Crippen molar-refractivity contribution in [2.75, 3.05) is 0 Å². The number of carbonyl (C=O) groups is 1. The highest BCUT2D eigenvalue weighted by Crippen LogP contribution is 2.23. The molecule has 0 bridgehead atoms. The minimum Gasteiger partial charge on any atom is -0.351 e. The van der Waals surface area contributed by atoms with Gasteiger partial charge in [0, 0.05) is 6.04 Å². The predicted molar refractivity (Wildman–Crippen MR) is 78.1 cm³/mol. The van der Waals surface area contributed by atoms with Gasteiger partial charge in [0.25, 0.3) is 5.56 Å². The van der Waals surface area contributed by atoms with Gasteiger partial charge in [-0.05, 0) is 18.8 Å². The molecule has 5 nitrogen and oxygen atoms in total. The average molecular weight is 318 g/mol. The molecule has 1 fully saturated rings. The van der Waals surface area contributed by atoms with E-state index in [2.05, 4.69) is 17.3 Å². The Kier molecular flexibility index (Phi) is 5.05. The SMILES string of the molecule is C[C@H]1CCCC[C@@H]1NC(=O)Cn1ncc(Cl)c(Cl)c1=O. The normalized spacial score (nSPS) is 22.6. The van der Waals surface area contributed by atoms with Crippen LogP contribution in [0.15, 0.2) is 11.0 Å². The number of nitrogens with zero attached hydrogens (tertiary/aromatic N) is 2. The first-order valence-electron chi connectivity index (χ1n) is 6.69. The number of hydrogen-bond donors (Lipinski definition) is 1. The van der Waals surface area contributed by atoms with Gasteiger partial charge in [-0.3, -0.25) is 9.59 Å². The second-order valence-corrected chi connectivity index (χ2v) is 5.99. The fourth-order valence-corrected chi connectivity index (χ4v) is 2.75. The molecule has 1 amide bonds. The van der Waals surface area contributed by atoms with Crippen LogP contribution < -0.4 is 10.9 Å². The Morgan fingerprint density at radius 1 is 1.45 bits per heavy atom. The molecule has 1 saturated carbocycles. The summed E-state index contributed by atoms with van der Waals surface area (Å²) in [5.41, 5.74) is -0.550. The zero-order valence-electron chi connectivity index (χ0n) is 11.2. The zero-order valence-corrected chi connectivity index (χ0v) is 12.7. The molecule has 1 aromatic heterocycles. The van der Waals surface area contributed by atoms with E-state index < -0.39 is 5.56 Å². The summed E-state index contributed by atoms with van der Waals surface area (Å²) in [4.78, 5) is 23.8. The molecule has 1 aromatic rings. The van der Waals surface area contributed by atoms with Gasteiger partial charge in [-0.15, -0.1) is 0 Å². The molecule has 1 heterocycles. The Balaban J connectivity index is 2.01. The van der Waals surface area contributed by atoms with Crippen LogP contribution >= 0.6 is 23.2 Å². The highest BCUT2D eigenvalue weighted by atomic mass is 35.5. The smallest absolute Gasteiger partial charge is 0.287 e. The third-order valence-corrected chi connectivity index (χ3v) is 4.44. The number of nitrogens with one attached hydrogen (secondary N) is 1. The van der Waals surface area contributed by atoms with Crippen molar-refractivity contribution in [3.8, 4) is 0 Å². The number of rotatable bonds is 3. The summed E-state index contributed by atoms with van der Waals surface area (Å²) in [6, 6.07) is 0.176. The van der Waals surface area contributed by atoms with E-state index in [0.717, 1.165) is 23.9 Å². The van der Waals surface area contributed by atoms with E-state index in [1.165, 1.54) is 12.6 Å². The van der Waals surface area contributed by atoms with E-state index >= 15 is 0 Å². The third-order valence-electron chi connectivity index (χ3n) is 3.69. The molecule has 20 heavy (non-hydrogen) atoms. The molecule has 7 heteroatoms. The maximum Gasteiger partial charge on any atom is 0.287 e. The minimum absolute atomic E-state index is 0.0919. The molecule has 0 aliphatic heterocycles. The second-order valence-electron chi connectivity index (χ2n) is 5.21. The topological polar surface area (TPSA) is 64.0 Å². The van der Waals surface area contributed by atoms with Crippen LogP contribution in [0.2, 0.25) is 10.0 Å². The lowest BCUT2D eigenvalue weighted by molar-refractivity contribution is -0.123. The van der Waals surface area contributed by atoms with E-state index in [-0.39, 0.29) is 28.5 Å². The van der Waals surface area contributed by atoms with E-state index in [0.29, 0.717) is 5.92 Å². The lowest BCUT2D eigenvalue weighted by Crippen LogP contribution is -2.43. The van der Waals surface area contributed by atoms with Crippen LogP contribution in [0.3, 0.4) is 0 Å². The van der Waals surface area contributed by atoms with Gasteiger partial charge in [-0.25, -0.2) is 4.68 Å². The first-order valence-corrected chi connectivity index (χ1v) is 7.45. The summed E-state index contributed by atoms with van der Waals surface area (Å²) < 4.78 is 1.02. The van der Waals surface area contributed by atoms with Crippen LogP contribution in [0.25, 0.3) is 0 Å². The molecule has 0 aromatic carbocycles. The van der Waals surface area contributed by atoms with Crippen LogP contribution in [0.4, 0.5) is 0 Å². The first-order chi connectivity index (χ1) is 9.49. The number of aromatic nitrogens is 2. The molecule has 1 aliphatic rings. The van der Waals surface area contributed by atoms with Gasteiger partial charge < -0.3 is 5.32 Å². The van der Waals surface area contributed by atoms with Gasteiger partial charge in [-0.1, -0.05) is 43.0 Å². The Bertz CT molecular complexity index is 559. The van der Waals surface area contributed by atoms with Crippen molar-refractivity contribution < 1.29 is 4.79 Å². The Morgan fingerprint density at radius 2 is 2.15 bits per heavy atom. The van der Waals surface area contributed by atoms with Gasteiger partial charge in [0.15, 0.2) is 0 Å². The lowest BCUT2D eigenvalue weighted by Gasteiger charge is -2.29. The van der Waals surface area contributed by atoms with Gasteiger partial charge in [-0.2, -0.15) is 5.10 Å². The molecule has 1 aliphatic carbocycles. The molecule has 0 saturated heterocycles. The maximum absolute atomic E-state index is 12.0. The minimum atomic E-state index is -0.550. The van der Waals surface area contributed by atoms with Crippen LogP contribution in [0, 0.1) is 5.92 Å². The van der Waals surface area contributed by atoms with E-state index in [1.54, 1.807) is 0 Å². The molecular formula is C13H17Cl2N3O2. The molecule has 2 atom stereocenters. The lowest BCUT2D eigenvalue weighted by atomic mass is 9.86.